The minimum atomic E-state index is -0.431. The Kier molecular flexibility index (Phi) is 10.3. The van der Waals surface area contributed by atoms with E-state index in [4.69, 9.17) is 0 Å². The molecule has 0 saturated heterocycles. The molecule has 0 bridgehead atoms. The van der Waals surface area contributed by atoms with Crippen LogP contribution in [0, 0.1) is 0 Å². The topological polar surface area (TPSA) is 26.3 Å². The molecule has 0 atom stereocenters. The Bertz CT molecular complexity index is 184. The van der Waals surface area contributed by atoms with Crippen LogP contribution < -0.4 is 0 Å². The van der Waals surface area contributed by atoms with Gasteiger partial charge in [0, 0.05) is 5.57 Å². The molecule has 0 aliphatic heterocycles. The molecule has 0 aliphatic carbocycles. The van der Waals surface area contributed by atoms with E-state index < -0.39 is 5.97 Å². The van der Waals surface area contributed by atoms with E-state index in [9.17, 15) is 4.79 Å². The van der Waals surface area contributed by atoms with E-state index in [2.05, 4.69) is 31.1 Å². The van der Waals surface area contributed by atoms with Gasteiger partial charge in [-0.05, 0) is 6.92 Å². The largest absolute Gasteiger partial charge is 0.432 e. The zero-order chi connectivity index (χ0) is 9.98. The average molecular weight is 166 g/mol. The van der Waals surface area contributed by atoms with Gasteiger partial charge in [-0.1, -0.05) is 38.5 Å². The van der Waals surface area contributed by atoms with Crippen molar-refractivity contribution < 1.29 is 9.53 Å². The molecule has 0 N–H and O–H groups in total. The maximum absolute atomic E-state index is 10.3. The minimum Gasteiger partial charge on any atom is -0.432 e. The summed E-state index contributed by atoms with van der Waals surface area (Å²) in [5, 5.41) is 0. The molecule has 12 heavy (non-hydrogen) atoms. The van der Waals surface area contributed by atoms with Crippen LogP contribution in [0.5, 0.6) is 0 Å². The summed E-state index contributed by atoms with van der Waals surface area (Å²) < 4.78 is 4.33. The summed E-state index contributed by atoms with van der Waals surface area (Å²) in [5.41, 5.74) is 0.380. The van der Waals surface area contributed by atoms with Gasteiger partial charge in [0.2, 0.25) is 0 Å². The van der Waals surface area contributed by atoms with Gasteiger partial charge in [0.15, 0.2) is 0 Å². The summed E-state index contributed by atoms with van der Waals surface area (Å²) >= 11 is 0. The first-order valence-electron chi connectivity index (χ1n) is 3.31. The van der Waals surface area contributed by atoms with Crippen molar-refractivity contribution in [3.05, 3.63) is 50.3 Å². The summed E-state index contributed by atoms with van der Waals surface area (Å²) in [6.45, 7) is 14.8. The molecule has 0 saturated carbocycles. The van der Waals surface area contributed by atoms with Gasteiger partial charge in [0.05, 0.1) is 6.26 Å². The molecule has 0 spiro atoms. The molecule has 66 valence electrons. The summed E-state index contributed by atoms with van der Waals surface area (Å²) in [4.78, 5) is 10.3. The van der Waals surface area contributed by atoms with Crippen LogP contribution in [0.4, 0.5) is 0 Å². The van der Waals surface area contributed by atoms with Crippen LogP contribution in [0.1, 0.15) is 6.92 Å². The fourth-order valence-electron chi connectivity index (χ4n) is 0.176. The van der Waals surface area contributed by atoms with Crippen LogP contribution in [0.25, 0.3) is 0 Å². The van der Waals surface area contributed by atoms with Crippen LogP contribution in [0.15, 0.2) is 50.3 Å². The highest BCUT2D eigenvalue weighted by atomic mass is 16.5. The first-order chi connectivity index (χ1) is 5.59. The summed E-state index contributed by atoms with van der Waals surface area (Å²) in [6, 6.07) is 0. The minimum absolute atomic E-state index is 0.380. The maximum atomic E-state index is 10.3. The van der Waals surface area contributed by atoms with Crippen molar-refractivity contribution in [1.82, 2.24) is 0 Å². The highest BCUT2D eigenvalue weighted by Gasteiger charge is 1.97. The van der Waals surface area contributed by atoms with Crippen molar-refractivity contribution in [3.63, 3.8) is 0 Å². The van der Waals surface area contributed by atoms with Crippen molar-refractivity contribution >= 4 is 5.97 Å². The fraction of sp³-hybridized carbons (Fsp3) is 0.100. The zero-order valence-electron chi connectivity index (χ0n) is 7.38. The second-order valence-electron chi connectivity index (χ2n) is 1.82. The Labute approximate surface area is 73.5 Å². The third-order valence-corrected chi connectivity index (χ3v) is 0.705. The summed E-state index contributed by atoms with van der Waals surface area (Å²) in [6.07, 6.45) is 4.36. The van der Waals surface area contributed by atoms with Gasteiger partial charge in [-0.2, -0.15) is 0 Å². The predicted molar refractivity (Wildman–Crippen MR) is 51.5 cm³/mol. The quantitative estimate of drug-likeness (QED) is 0.279. The van der Waals surface area contributed by atoms with Crippen LogP contribution >= 0.6 is 0 Å². The van der Waals surface area contributed by atoms with Crippen LogP contribution in [-0.2, 0) is 9.53 Å². The first-order valence-corrected chi connectivity index (χ1v) is 3.31. The van der Waals surface area contributed by atoms with E-state index >= 15 is 0 Å². The Morgan fingerprint density at radius 1 is 1.25 bits per heavy atom. The maximum Gasteiger partial charge on any atom is 0.337 e. The lowest BCUT2D eigenvalue weighted by molar-refractivity contribution is -0.133. The summed E-state index contributed by atoms with van der Waals surface area (Å²) in [5.74, 6) is -0.431. The Morgan fingerprint density at radius 2 is 1.67 bits per heavy atom. The van der Waals surface area contributed by atoms with Gasteiger partial charge in [-0.15, -0.1) is 0 Å². The number of rotatable bonds is 3. The van der Waals surface area contributed by atoms with Gasteiger partial charge >= 0.3 is 5.97 Å². The Balaban J connectivity index is 0. The first kappa shape index (κ1) is 13.1. The molecule has 2 nitrogen and oxygen atoms in total. The molecular formula is C10H14O2. The van der Waals surface area contributed by atoms with E-state index in [-0.39, 0.29) is 0 Å². The number of allylic oxidation sites excluding steroid dienone is 2. The Morgan fingerprint density at radius 3 is 1.75 bits per heavy atom. The standard InChI is InChI=1S/C6H8O2.C4H6/c1-4-8-6(7)5(2)3;1-3-4-2/h4H,1-2H2,3H3;3-4H,1-2H2. The molecule has 0 rings (SSSR count). The van der Waals surface area contributed by atoms with Gasteiger partial charge in [0.25, 0.3) is 0 Å². The van der Waals surface area contributed by atoms with Crippen molar-refractivity contribution in [2.24, 2.45) is 0 Å². The fourth-order valence-corrected chi connectivity index (χ4v) is 0.176. The molecule has 2 heteroatoms. The number of esters is 1. The molecular weight excluding hydrogens is 152 g/mol. The SMILES string of the molecule is C=CC=C.C=COC(=O)C(=C)C. The van der Waals surface area contributed by atoms with Crippen molar-refractivity contribution in [3.8, 4) is 0 Å². The van der Waals surface area contributed by atoms with Gasteiger partial charge in [0.1, 0.15) is 0 Å². The molecule has 0 fully saturated rings. The molecule has 0 aromatic heterocycles. The van der Waals surface area contributed by atoms with Crippen LogP contribution in [0.2, 0.25) is 0 Å². The van der Waals surface area contributed by atoms with Gasteiger partial charge in [-0.3, -0.25) is 0 Å². The molecule has 0 radical (unpaired) electrons. The van der Waals surface area contributed by atoms with Gasteiger partial charge < -0.3 is 4.74 Å². The monoisotopic (exact) mass is 166 g/mol. The number of hydrogen-bond acceptors (Lipinski definition) is 2. The molecule has 0 unspecified atom stereocenters. The number of carbonyl (C=O) groups is 1. The highest BCUT2D eigenvalue weighted by molar-refractivity contribution is 5.87. The van der Waals surface area contributed by atoms with Crippen molar-refractivity contribution in [2.45, 2.75) is 6.92 Å². The van der Waals surface area contributed by atoms with Crippen molar-refractivity contribution in [2.75, 3.05) is 0 Å². The molecule has 0 heterocycles. The van der Waals surface area contributed by atoms with E-state index in [0.717, 1.165) is 6.26 Å². The Hall–Kier alpha value is -1.57. The third-order valence-electron chi connectivity index (χ3n) is 0.705. The molecule has 0 aromatic rings. The third kappa shape index (κ3) is 11.3. The lowest BCUT2D eigenvalue weighted by Gasteiger charge is -1.92. The lowest BCUT2D eigenvalue weighted by Crippen LogP contribution is -1.98. The van der Waals surface area contributed by atoms with Crippen LogP contribution in [0.3, 0.4) is 0 Å². The number of carbonyl (C=O) groups excluding carboxylic acids is 1. The molecule has 0 aromatic carbocycles. The number of ether oxygens (including phenoxy) is 1. The van der Waals surface area contributed by atoms with Crippen molar-refractivity contribution in [1.29, 1.82) is 0 Å². The lowest BCUT2D eigenvalue weighted by atomic mass is 10.4. The van der Waals surface area contributed by atoms with Crippen LogP contribution in [-0.4, -0.2) is 5.97 Å². The van der Waals surface area contributed by atoms with Gasteiger partial charge in [-0.25, -0.2) is 4.79 Å². The van der Waals surface area contributed by atoms with E-state index in [1.165, 1.54) is 0 Å². The smallest absolute Gasteiger partial charge is 0.337 e. The highest BCUT2D eigenvalue weighted by Crippen LogP contribution is 1.90. The number of hydrogen-bond donors (Lipinski definition) is 0. The van der Waals surface area contributed by atoms with E-state index in [0.29, 0.717) is 5.57 Å². The second kappa shape index (κ2) is 9.43. The van der Waals surface area contributed by atoms with E-state index in [1.807, 2.05) is 0 Å². The normalized spacial score (nSPS) is 6.75. The predicted octanol–water partition coefficient (Wildman–Crippen LogP) is 2.61. The second-order valence-corrected chi connectivity index (χ2v) is 1.82. The van der Waals surface area contributed by atoms with E-state index in [1.54, 1.807) is 19.1 Å². The summed E-state index contributed by atoms with van der Waals surface area (Å²) in [7, 11) is 0. The molecule has 0 aliphatic rings. The molecule has 0 amide bonds. The zero-order valence-corrected chi connectivity index (χ0v) is 7.38. The average Bonchev–Trinajstić information content (AvgIpc) is 2.05.